The number of nitrogens with zero attached hydrogens (tertiary/aromatic N) is 2. The summed E-state index contributed by atoms with van der Waals surface area (Å²) in [6, 6.07) is 3.98. The number of pyridine rings is 1. The van der Waals surface area contributed by atoms with Gasteiger partial charge in [-0.3, -0.25) is 0 Å². The van der Waals surface area contributed by atoms with Crippen LogP contribution in [0.4, 0.5) is 10.2 Å². The number of ether oxygens (including phenoxy) is 1. The van der Waals surface area contributed by atoms with Crippen molar-refractivity contribution in [1.82, 2.24) is 9.88 Å². The number of hydrogen-bond acceptors (Lipinski definition) is 5. The Hall–Kier alpha value is -1.95. The number of hydrogen-bond donors (Lipinski definition) is 1. The van der Waals surface area contributed by atoms with Crippen LogP contribution in [0.5, 0.6) is 0 Å². The van der Waals surface area contributed by atoms with Crippen molar-refractivity contribution in [3.8, 4) is 0 Å². The minimum Gasteiger partial charge on any atom is -0.461 e. The molecule has 1 atom stereocenters. The first kappa shape index (κ1) is 19.8. The molecule has 1 saturated heterocycles. The number of anilines is 1. The van der Waals surface area contributed by atoms with Crippen LogP contribution in [0, 0.1) is 5.92 Å². The van der Waals surface area contributed by atoms with E-state index in [2.05, 4.69) is 19.9 Å². The van der Waals surface area contributed by atoms with Crippen LogP contribution in [-0.2, 0) is 9.53 Å². The molecular weight excluding hydrogens is 345 g/mol. The molecule has 0 unspecified atom stereocenters. The lowest BCUT2D eigenvalue weighted by Gasteiger charge is -2.26. The highest BCUT2D eigenvalue weighted by molar-refractivity contribution is 5.91. The summed E-state index contributed by atoms with van der Waals surface area (Å²) >= 11 is 0. The molecule has 2 heterocycles. The Bertz CT molecular complexity index is 641. The zero-order valence-corrected chi connectivity index (χ0v) is 16.1. The van der Waals surface area contributed by atoms with Crippen LogP contribution in [0.2, 0.25) is 0 Å². The maximum absolute atomic E-state index is 13.7. The summed E-state index contributed by atoms with van der Waals surface area (Å²) in [5.74, 6) is -0.193. The third-order valence-corrected chi connectivity index (χ3v) is 5.42. The van der Waals surface area contributed by atoms with Crippen molar-refractivity contribution >= 4 is 17.9 Å². The van der Waals surface area contributed by atoms with Gasteiger partial charge in [0.15, 0.2) is 0 Å². The monoisotopic (exact) mass is 375 g/mol. The predicted molar refractivity (Wildman–Crippen MR) is 105 cm³/mol. The number of esters is 1. The molecule has 148 valence electrons. The Balaban J connectivity index is 1.47. The van der Waals surface area contributed by atoms with E-state index < -0.39 is 11.8 Å². The molecular formula is C21H30FN3O2. The lowest BCUT2D eigenvalue weighted by atomic mass is 9.89. The summed E-state index contributed by atoms with van der Waals surface area (Å²) in [5.41, 5.74) is 0.538. The molecule has 1 aliphatic carbocycles. The van der Waals surface area contributed by atoms with Gasteiger partial charge in [-0.2, -0.15) is 4.39 Å². The summed E-state index contributed by atoms with van der Waals surface area (Å²) in [5, 5.41) is 3.47. The molecule has 0 aromatic carbocycles. The summed E-state index contributed by atoms with van der Waals surface area (Å²) in [6.07, 6.45) is 10.8. The van der Waals surface area contributed by atoms with Crippen LogP contribution in [-0.4, -0.2) is 48.1 Å². The maximum Gasteiger partial charge on any atom is 0.367 e. The van der Waals surface area contributed by atoms with E-state index in [-0.39, 0.29) is 6.61 Å². The number of aromatic nitrogens is 1. The van der Waals surface area contributed by atoms with Crippen molar-refractivity contribution in [2.45, 2.75) is 51.5 Å². The second-order valence-electron chi connectivity index (χ2n) is 7.58. The standard InChI is InChI=1S/C21H30FN3O2/c1-2-27-21(26)19(22)12-17-8-9-20(23-13-17)24-18-10-11-25(15-18)14-16-6-4-3-5-7-16/h8-9,12-13,16,18H,2-7,10-11,14-15H2,1H3,(H,23,24)/b19-12-/t18-/m1/s1. The summed E-state index contributed by atoms with van der Waals surface area (Å²) < 4.78 is 18.3. The van der Waals surface area contributed by atoms with E-state index in [9.17, 15) is 9.18 Å². The number of rotatable bonds is 7. The van der Waals surface area contributed by atoms with Crippen LogP contribution >= 0.6 is 0 Å². The molecule has 0 radical (unpaired) electrons. The van der Waals surface area contributed by atoms with Gasteiger partial charge >= 0.3 is 5.97 Å². The van der Waals surface area contributed by atoms with Crippen molar-refractivity contribution in [2.24, 2.45) is 5.92 Å². The molecule has 0 amide bonds. The number of nitrogens with one attached hydrogen (secondary N) is 1. The Morgan fingerprint density at radius 1 is 1.33 bits per heavy atom. The van der Waals surface area contributed by atoms with Gasteiger partial charge in [0.05, 0.1) is 6.61 Å². The zero-order chi connectivity index (χ0) is 19.1. The Morgan fingerprint density at radius 2 is 2.15 bits per heavy atom. The number of halogens is 1. The molecule has 1 aromatic rings. The quantitative estimate of drug-likeness (QED) is 0.576. The van der Waals surface area contributed by atoms with Gasteiger partial charge in [-0.1, -0.05) is 19.3 Å². The summed E-state index contributed by atoms with van der Waals surface area (Å²) in [4.78, 5) is 18.2. The van der Waals surface area contributed by atoms with Gasteiger partial charge in [0.2, 0.25) is 5.83 Å². The van der Waals surface area contributed by atoms with Gasteiger partial charge < -0.3 is 15.0 Å². The van der Waals surface area contributed by atoms with E-state index in [1.807, 2.05) is 6.07 Å². The van der Waals surface area contributed by atoms with Crippen molar-refractivity contribution < 1.29 is 13.9 Å². The lowest BCUT2D eigenvalue weighted by Crippen LogP contribution is -2.31. The van der Waals surface area contributed by atoms with Gasteiger partial charge in [-0.05, 0) is 55.9 Å². The van der Waals surface area contributed by atoms with E-state index in [1.165, 1.54) is 38.6 Å². The van der Waals surface area contributed by atoms with Crippen LogP contribution < -0.4 is 5.32 Å². The molecule has 0 bridgehead atoms. The molecule has 6 heteroatoms. The van der Waals surface area contributed by atoms with E-state index >= 15 is 0 Å². The van der Waals surface area contributed by atoms with Crippen molar-refractivity contribution in [3.05, 3.63) is 29.7 Å². The lowest BCUT2D eigenvalue weighted by molar-refractivity contribution is -0.140. The molecule has 27 heavy (non-hydrogen) atoms. The van der Waals surface area contributed by atoms with Crippen LogP contribution in [0.1, 0.15) is 51.0 Å². The topological polar surface area (TPSA) is 54.5 Å². The molecule has 1 aromatic heterocycles. The fourth-order valence-electron chi connectivity index (χ4n) is 4.04. The SMILES string of the molecule is CCOC(=O)/C(F)=C/c1ccc(N[C@@H]2CCN(CC3CCCCC3)C2)nc1. The van der Waals surface area contributed by atoms with Crippen molar-refractivity contribution in [3.63, 3.8) is 0 Å². The molecule has 1 saturated carbocycles. The highest BCUT2D eigenvalue weighted by atomic mass is 19.1. The predicted octanol–water partition coefficient (Wildman–Crippen LogP) is 4.02. The van der Waals surface area contributed by atoms with E-state index in [0.717, 1.165) is 37.3 Å². The average molecular weight is 375 g/mol. The number of likely N-dealkylation sites (tertiary alicyclic amines) is 1. The molecule has 1 aliphatic heterocycles. The van der Waals surface area contributed by atoms with E-state index in [0.29, 0.717) is 11.6 Å². The van der Waals surface area contributed by atoms with Crippen molar-refractivity contribution in [2.75, 3.05) is 31.6 Å². The third kappa shape index (κ3) is 6.03. The zero-order valence-electron chi connectivity index (χ0n) is 16.1. The highest BCUT2D eigenvalue weighted by Gasteiger charge is 2.25. The molecule has 2 aliphatic rings. The van der Waals surface area contributed by atoms with Crippen LogP contribution in [0.3, 0.4) is 0 Å². The second-order valence-corrected chi connectivity index (χ2v) is 7.58. The van der Waals surface area contributed by atoms with Crippen molar-refractivity contribution in [1.29, 1.82) is 0 Å². The normalized spacial score (nSPS) is 22.0. The van der Waals surface area contributed by atoms with Crippen LogP contribution in [0.25, 0.3) is 6.08 Å². The second kappa shape index (κ2) is 9.83. The highest BCUT2D eigenvalue weighted by Crippen LogP contribution is 2.26. The minimum atomic E-state index is -0.941. The van der Waals surface area contributed by atoms with Gasteiger partial charge in [-0.15, -0.1) is 0 Å². The first-order valence-electron chi connectivity index (χ1n) is 10.1. The minimum absolute atomic E-state index is 0.153. The molecule has 2 fully saturated rings. The van der Waals surface area contributed by atoms with Gasteiger partial charge in [0.1, 0.15) is 5.82 Å². The molecule has 3 rings (SSSR count). The Labute approximate surface area is 161 Å². The van der Waals surface area contributed by atoms with E-state index in [1.54, 1.807) is 19.2 Å². The number of carbonyl (C=O) groups excluding carboxylic acids is 1. The number of carbonyl (C=O) groups is 1. The Morgan fingerprint density at radius 3 is 2.85 bits per heavy atom. The molecule has 1 N–H and O–H groups in total. The van der Waals surface area contributed by atoms with Gasteiger partial charge in [-0.25, -0.2) is 9.78 Å². The third-order valence-electron chi connectivity index (χ3n) is 5.42. The molecule has 5 nitrogen and oxygen atoms in total. The smallest absolute Gasteiger partial charge is 0.367 e. The largest absolute Gasteiger partial charge is 0.461 e. The summed E-state index contributed by atoms with van der Waals surface area (Å²) in [7, 11) is 0. The van der Waals surface area contributed by atoms with Gasteiger partial charge in [0.25, 0.3) is 0 Å². The van der Waals surface area contributed by atoms with E-state index in [4.69, 9.17) is 0 Å². The fraction of sp³-hybridized carbons (Fsp3) is 0.619. The fourth-order valence-corrected chi connectivity index (χ4v) is 4.04. The Kier molecular flexibility index (Phi) is 7.21. The maximum atomic E-state index is 13.7. The van der Waals surface area contributed by atoms with Gasteiger partial charge in [0, 0.05) is 31.9 Å². The molecule has 0 spiro atoms. The first-order chi connectivity index (χ1) is 13.1. The summed E-state index contributed by atoms with van der Waals surface area (Å²) in [6.45, 7) is 5.21. The van der Waals surface area contributed by atoms with Crippen LogP contribution in [0.15, 0.2) is 24.2 Å². The first-order valence-corrected chi connectivity index (χ1v) is 10.1. The average Bonchev–Trinajstić information content (AvgIpc) is 3.11.